The van der Waals surface area contributed by atoms with E-state index < -0.39 is 0 Å². The summed E-state index contributed by atoms with van der Waals surface area (Å²) in [4.78, 5) is 8.42. The molecule has 1 aliphatic carbocycles. The lowest BCUT2D eigenvalue weighted by Crippen LogP contribution is -2.36. The molecule has 2 aliphatic heterocycles. The van der Waals surface area contributed by atoms with Crippen LogP contribution in [0.4, 0.5) is 5.69 Å². The molecular weight excluding hydrogens is 306 g/mol. The maximum Gasteiger partial charge on any atom is 0.201 e. The van der Waals surface area contributed by atoms with Crippen LogP contribution in [0.1, 0.15) is 0 Å². The highest BCUT2D eigenvalue weighted by Gasteiger charge is 2.13. The van der Waals surface area contributed by atoms with Crippen LogP contribution in [0.5, 0.6) is 0 Å². The topological polar surface area (TPSA) is 28.4 Å². The van der Waals surface area contributed by atoms with Crippen molar-refractivity contribution in [3.8, 4) is 10.6 Å². The summed E-state index contributed by atoms with van der Waals surface area (Å²) in [6, 6.07) is 13.0. The van der Waals surface area contributed by atoms with Crippen LogP contribution in [0, 0.1) is 0 Å². The molecule has 1 saturated heterocycles. The molecule has 23 heavy (non-hydrogen) atoms. The van der Waals surface area contributed by atoms with Crippen molar-refractivity contribution in [2.24, 2.45) is 0 Å². The molecule has 0 spiro atoms. The average Bonchev–Trinajstić information content (AvgIpc) is 2.59. The number of rotatable bonds is 1. The van der Waals surface area contributed by atoms with Gasteiger partial charge in [0.1, 0.15) is 14.1 Å². The number of morpholine rings is 1. The molecule has 0 atom stereocenters. The molecule has 0 aromatic heterocycles. The lowest BCUT2D eigenvalue weighted by Gasteiger charge is -2.29. The second-order valence-corrected chi connectivity index (χ2v) is 7.10. The fourth-order valence-corrected chi connectivity index (χ4v) is 3.93. The maximum atomic E-state index is 5.45. The Hall–Kier alpha value is -1.98. The number of nitrogens with zero attached hydrogens (tertiary/aromatic N) is 3. The molecule has 0 bridgehead atoms. The smallest absolute Gasteiger partial charge is 0.201 e. The molecule has 0 unspecified atom stereocenters. The largest absolute Gasteiger partial charge is 0.378 e. The van der Waals surface area contributed by atoms with Crippen LogP contribution in [0.2, 0.25) is 0 Å². The van der Waals surface area contributed by atoms with E-state index in [4.69, 9.17) is 9.72 Å². The molecule has 0 amide bonds. The molecule has 0 saturated carbocycles. The highest BCUT2D eigenvalue weighted by atomic mass is 32.1. The zero-order valence-corrected chi connectivity index (χ0v) is 14.3. The van der Waals surface area contributed by atoms with Crippen LogP contribution < -0.4 is 14.8 Å². The van der Waals surface area contributed by atoms with E-state index in [-0.39, 0.29) is 0 Å². The van der Waals surface area contributed by atoms with Crippen molar-refractivity contribution in [3.05, 3.63) is 41.8 Å². The molecule has 2 heterocycles. The first-order valence-electron chi connectivity index (χ1n) is 7.88. The number of hydrogen-bond donors (Lipinski definition) is 0. The normalized spacial score (nSPS) is 15.3. The standard InChI is InChI=1S/C18H20N3OS/c1-20(2)13-3-5-15-17(11-13)23-18-12-14(4-6-16(18)19-15)21-7-9-22-10-8-21/h3-6,11-12H,7-10H2,1-2H3/q+1. The van der Waals surface area contributed by atoms with Crippen molar-refractivity contribution < 1.29 is 4.74 Å². The highest BCUT2D eigenvalue weighted by Crippen LogP contribution is 2.32. The SMILES string of the molecule is C[N+](C)=c1ccc2nc3ccc(N4CCOCC4)cc3sc-2c1. The molecule has 5 heteroatoms. The molecule has 4 rings (SSSR count). The van der Waals surface area contributed by atoms with Crippen LogP contribution in [0.3, 0.4) is 0 Å². The second kappa shape index (κ2) is 5.91. The molecule has 4 nitrogen and oxygen atoms in total. The summed E-state index contributed by atoms with van der Waals surface area (Å²) in [5, 5.41) is 1.21. The van der Waals surface area contributed by atoms with Crippen molar-refractivity contribution in [3.63, 3.8) is 0 Å². The first kappa shape index (κ1) is 14.6. The Morgan fingerprint density at radius 2 is 1.91 bits per heavy atom. The Bertz CT molecular complexity index is 892. The average molecular weight is 326 g/mol. The third kappa shape index (κ3) is 2.82. The van der Waals surface area contributed by atoms with Gasteiger partial charge in [-0.3, -0.25) is 0 Å². The number of fused-ring (bicyclic) bond motifs is 2. The van der Waals surface area contributed by atoms with Gasteiger partial charge in [0.15, 0.2) is 0 Å². The monoisotopic (exact) mass is 326 g/mol. The van der Waals surface area contributed by atoms with Crippen molar-refractivity contribution in [1.29, 1.82) is 0 Å². The lowest BCUT2D eigenvalue weighted by molar-refractivity contribution is 0.122. The number of benzene rings is 2. The van der Waals surface area contributed by atoms with E-state index in [1.165, 1.54) is 20.6 Å². The fourth-order valence-electron chi connectivity index (χ4n) is 2.90. The van der Waals surface area contributed by atoms with Gasteiger partial charge in [-0.15, -0.1) is 11.3 Å². The van der Waals surface area contributed by atoms with Crippen LogP contribution in [0.15, 0.2) is 36.4 Å². The first-order chi connectivity index (χ1) is 11.2. The molecule has 1 aromatic rings. The van der Waals surface area contributed by atoms with E-state index in [9.17, 15) is 0 Å². The molecule has 1 fully saturated rings. The Balaban J connectivity index is 1.85. The molecule has 3 aliphatic rings. The van der Waals surface area contributed by atoms with Gasteiger partial charge >= 0.3 is 0 Å². The van der Waals surface area contributed by atoms with Crippen LogP contribution >= 0.6 is 11.3 Å². The Morgan fingerprint density at radius 1 is 1.09 bits per heavy atom. The minimum Gasteiger partial charge on any atom is -0.378 e. The van der Waals surface area contributed by atoms with Crippen molar-refractivity contribution in [1.82, 2.24) is 9.56 Å². The molecule has 1 aromatic carbocycles. The number of anilines is 1. The van der Waals surface area contributed by atoms with Gasteiger partial charge in [-0.25, -0.2) is 9.56 Å². The fraction of sp³-hybridized carbons (Fsp3) is 0.333. The van der Waals surface area contributed by atoms with E-state index in [0.29, 0.717) is 0 Å². The van der Waals surface area contributed by atoms with Crippen molar-refractivity contribution >= 4 is 27.2 Å². The lowest BCUT2D eigenvalue weighted by atomic mass is 10.2. The predicted octanol–water partition coefficient (Wildman–Crippen LogP) is 2.27. The van der Waals surface area contributed by atoms with Gasteiger partial charge in [0.25, 0.3) is 0 Å². The minimum absolute atomic E-state index is 0.809. The van der Waals surface area contributed by atoms with Gasteiger partial charge in [-0.1, -0.05) is 0 Å². The summed E-state index contributed by atoms with van der Waals surface area (Å²) in [6.07, 6.45) is 0. The van der Waals surface area contributed by atoms with Gasteiger partial charge in [-0.2, -0.15) is 0 Å². The van der Waals surface area contributed by atoms with Gasteiger partial charge in [0, 0.05) is 30.9 Å². The van der Waals surface area contributed by atoms with E-state index in [2.05, 4.69) is 60.0 Å². The zero-order chi connectivity index (χ0) is 15.8. The summed E-state index contributed by atoms with van der Waals surface area (Å²) in [5.41, 5.74) is 3.39. The summed E-state index contributed by atoms with van der Waals surface area (Å²) >= 11 is 1.81. The van der Waals surface area contributed by atoms with Crippen LogP contribution in [-0.4, -0.2) is 45.4 Å². The first-order valence-corrected chi connectivity index (χ1v) is 8.70. The van der Waals surface area contributed by atoms with Crippen molar-refractivity contribution in [2.75, 3.05) is 45.3 Å². The summed E-state index contributed by atoms with van der Waals surface area (Å²) in [6.45, 7) is 3.54. The second-order valence-electron chi connectivity index (χ2n) is 6.01. The number of aromatic nitrogens is 1. The summed E-state index contributed by atoms with van der Waals surface area (Å²) in [7, 11) is 4.13. The molecular formula is C18H20N3OS+. The van der Waals surface area contributed by atoms with E-state index in [1.54, 1.807) is 0 Å². The number of hydrogen-bond acceptors (Lipinski definition) is 4. The number of ether oxygens (including phenoxy) is 1. The van der Waals surface area contributed by atoms with Gasteiger partial charge < -0.3 is 9.64 Å². The van der Waals surface area contributed by atoms with Gasteiger partial charge in [0.05, 0.1) is 34.0 Å². The van der Waals surface area contributed by atoms with Crippen molar-refractivity contribution in [2.45, 2.75) is 0 Å². The van der Waals surface area contributed by atoms with E-state index in [1.807, 2.05) is 11.3 Å². The minimum atomic E-state index is 0.809. The predicted molar refractivity (Wildman–Crippen MR) is 96.4 cm³/mol. The third-order valence-electron chi connectivity index (χ3n) is 4.24. The van der Waals surface area contributed by atoms with Crippen LogP contribution in [0.25, 0.3) is 20.8 Å². The Labute approximate surface area is 139 Å². The van der Waals surface area contributed by atoms with Gasteiger partial charge in [-0.05, 0) is 24.3 Å². The quantitative estimate of drug-likeness (QED) is 0.507. The molecule has 118 valence electrons. The molecule has 0 N–H and O–H groups in total. The summed E-state index contributed by atoms with van der Waals surface area (Å²) in [5.74, 6) is 0. The Morgan fingerprint density at radius 3 is 2.70 bits per heavy atom. The zero-order valence-electron chi connectivity index (χ0n) is 13.5. The van der Waals surface area contributed by atoms with E-state index in [0.717, 1.165) is 37.5 Å². The third-order valence-corrected chi connectivity index (χ3v) is 5.33. The Kier molecular flexibility index (Phi) is 3.75. The highest BCUT2D eigenvalue weighted by molar-refractivity contribution is 7.21. The van der Waals surface area contributed by atoms with Gasteiger partial charge in [0.2, 0.25) is 5.36 Å². The maximum absolute atomic E-state index is 5.45. The summed E-state index contributed by atoms with van der Waals surface area (Å²) < 4.78 is 8.81. The van der Waals surface area contributed by atoms with Crippen LogP contribution in [-0.2, 0) is 4.74 Å². The van der Waals surface area contributed by atoms with E-state index >= 15 is 0 Å². The molecule has 0 radical (unpaired) electrons.